The lowest BCUT2D eigenvalue weighted by molar-refractivity contribution is -0.307. The Morgan fingerprint density at radius 2 is 1.45 bits per heavy atom. The zero-order chi connectivity index (χ0) is 22.0. The molecule has 162 valence electrons. The average Bonchev–Trinajstić information content (AvgIpc) is 2.60. The minimum atomic E-state index is -1.31. The Kier molecular flexibility index (Phi) is 9.86. The van der Waals surface area contributed by atoms with Crippen molar-refractivity contribution < 1.29 is 47.6 Å². The minimum Gasteiger partial charge on any atom is -0.463 e. The lowest BCUT2D eigenvalue weighted by atomic mass is 9.98. The molecular weight excluding hydrogens is 394 g/mol. The number of esters is 4. The van der Waals surface area contributed by atoms with Crippen molar-refractivity contribution in [1.82, 2.24) is 0 Å². The summed E-state index contributed by atoms with van der Waals surface area (Å²) in [7, 11) is 0. The highest BCUT2D eigenvalue weighted by Crippen LogP contribution is 2.29. The largest absolute Gasteiger partial charge is 0.463 e. The van der Waals surface area contributed by atoms with Gasteiger partial charge in [-0.15, -0.1) is 0 Å². The summed E-state index contributed by atoms with van der Waals surface area (Å²) in [5.74, 6) is -2.83. The first-order chi connectivity index (χ1) is 13.6. The van der Waals surface area contributed by atoms with Crippen LogP contribution in [0.4, 0.5) is 0 Å². The van der Waals surface area contributed by atoms with Crippen molar-refractivity contribution in [3.05, 3.63) is 10.4 Å². The second kappa shape index (κ2) is 11.8. The Morgan fingerprint density at radius 3 is 1.97 bits per heavy atom. The number of carbonyl (C=O) groups is 4. The van der Waals surface area contributed by atoms with Gasteiger partial charge in [0.25, 0.3) is 0 Å². The fraction of sp³-hybridized carbons (Fsp3) is 0.750. The van der Waals surface area contributed by atoms with Crippen molar-refractivity contribution in [2.75, 3.05) is 19.8 Å². The third kappa shape index (κ3) is 8.34. The molecule has 0 aromatic rings. The molecule has 0 aromatic heterocycles. The smallest absolute Gasteiger partial charge is 0.303 e. The SMILES string of the molecule is CC(=O)OC[C@@H]1O[C@@H](OCCN=[N+]=[N-])[C@@H](OC(C)=O)[C@H](OC(C)=O)[C@H]1OC(C)=O. The molecule has 29 heavy (non-hydrogen) atoms. The molecule has 0 aromatic carbocycles. The molecule has 0 spiro atoms. The van der Waals surface area contributed by atoms with E-state index in [1.54, 1.807) is 0 Å². The summed E-state index contributed by atoms with van der Waals surface area (Å²) < 4.78 is 31.7. The number of hydrogen-bond donors (Lipinski definition) is 0. The van der Waals surface area contributed by atoms with Gasteiger partial charge in [-0.25, -0.2) is 0 Å². The van der Waals surface area contributed by atoms with E-state index in [1.807, 2.05) is 0 Å². The summed E-state index contributed by atoms with van der Waals surface area (Å²) >= 11 is 0. The highest BCUT2D eigenvalue weighted by Gasteiger charge is 2.52. The second-order valence-electron chi connectivity index (χ2n) is 5.89. The van der Waals surface area contributed by atoms with Gasteiger partial charge >= 0.3 is 23.9 Å². The van der Waals surface area contributed by atoms with Gasteiger partial charge in [-0.05, 0) is 5.53 Å². The van der Waals surface area contributed by atoms with Crippen LogP contribution in [0.15, 0.2) is 5.11 Å². The fourth-order valence-corrected chi connectivity index (χ4v) is 2.58. The Hall–Kier alpha value is -2.89. The summed E-state index contributed by atoms with van der Waals surface area (Å²) in [6, 6.07) is 0. The van der Waals surface area contributed by atoms with Gasteiger partial charge in [-0.3, -0.25) is 19.2 Å². The van der Waals surface area contributed by atoms with Gasteiger partial charge in [0, 0.05) is 39.2 Å². The topological polar surface area (TPSA) is 172 Å². The van der Waals surface area contributed by atoms with Gasteiger partial charge in [-0.2, -0.15) is 0 Å². The molecule has 1 fully saturated rings. The van der Waals surface area contributed by atoms with Crippen LogP contribution >= 0.6 is 0 Å². The molecule has 0 aliphatic carbocycles. The maximum Gasteiger partial charge on any atom is 0.303 e. The van der Waals surface area contributed by atoms with E-state index in [0.29, 0.717) is 0 Å². The van der Waals surface area contributed by atoms with Crippen molar-refractivity contribution in [3.63, 3.8) is 0 Å². The third-order valence-corrected chi connectivity index (χ3v) is 3.48. The van der Waals surface area contributed by atoms with Crippen LogP contribution in [-0.4, -0.2) is 74.3 Å². The first kappa shape index (κ1) is 24.1. The van der Waals surface area contributed by atoms with Gasteiger partial charge < -0.3 is 28.4 Å². The van der Waals surface area contributed by atoms with Crippen molar-refractivity contribution in [1.29, 1.82) is 0 Å². The highest BCUT2D eigenvalue weighted by atomic mass is 16.7. The molecule has 0 unspecified atom stereocenters. The van der Waals surface area contributed by atoms with E-state index < -0.39 is 54.6 Å². The van der Waals surface area contributed by atoms with E-state index in [9.17, 15) is 19.2 Å². The van der Waals surface area contributed by atoms with Crippen LogP contribution in [0.3, 0.4) is 0 Å². The van der Waals surface area contributed by atoms with Crippen LogP contribution in [0.2, 0.25) is 0 Å². The summed E-state index contributed by atoms with van der Waals surface area (Å²) in [6.07, 6.45) is -6.25. The zero-order valence-electron chi connectivity index (χ0n) is 16.4. The number of rotatable bonds is 9. The molecule has 1 aliphatic heterocycles. The normalized spacial score (nSPS) is 25.9. The van der Waals surface area contributed by atoms with Crippen molar-refractivity contribution >= 4 is 23.9 Å². The molecular formula is C16H23N3O10. The van der Waals surface area contributed by atoms with Crippen LogP contribution in [0, 0.1) is 0 Å². The van der Waals surface area contributed by atoms with Crippen LogP contribution < -0.4 is 0 Å². The van der Waals surface area contributed by atoms with Crippen LogP contribution in [0.5, 0.6) is 0 Å². The van der Waals surface area contributed by atoms with E-state index in [1.165, 1.54) is 6.92 Å². The van der Waals surface area contributed by atoms with E-state index in [4.69, 9.17) is 34.0 Å². The molecule has 13 heteroatoms. The zero-order valence-corrected chi connectivity index (χ0v) is 16.4. The van der Waals surface area contributed by atoms with Crippen LogP contribution in [0.1, 0.15) is 27.7 Å². The molecule has 5 atom stereocenters. The Bertz CT molecular complexity index is 663. The molecule has 0 saturated carbocycles. The van der Waals surface area contributed by atoms with Crippen LogP contribution in [-0.2, 0) is 47.6 Å². The maximum absolute atomic E-state index is 11.6. The van der Waals surface area contributed by atoms with Gasteiger partial charge in [0.05, 0.1) is 6.61 Å². The number of carbonyl (C=O) groups excluding carboxylic acids is 4. The second-order valence-corrected chi connectivity index (χ2v) is 5.89. The lowest BCUT2D eigenvalue weighted by Crippen LogP contribution is -2.63. The fourth-order valence-electron chi connectivity index (χ4n) is 2.58. The predicted molar refractivity (Wildman–Crippen MR) is 91.9 cm³/mol. The molecule has 1 aliphatic rings. The standard InChI is InChI=1S/C16H23N3O10/c1-8(20)25-7-12-13(26-9(2)21)14(27-10(3)22)15(28-11(4)23)16(29-12)24-6-5-18-19-17/h12-16H,5-7H2,1-4H3/t12-,13-,14+,15-,16+/m0/s1. The van der Waals surface area contributed by atoms with Gasteiger partial charge in [0.1, 0.15) is 12.7 Å². The number of hydrogen-bond acceptors (Lipinski definition) is 11. The molecule has 0 bridgehead atoms. The van der Waals surface area contributed by atoms with Crippen molar-refractivity contribution in [2.24, 2.45) is 5.11 Å². The minimum absolute atomic E-state index is 0.0522. The summed E-state index contributed by atoms with van der Waals surface area (Å²) in [5.41, 5.74) is 8.35. The lowest BCUT2D eigenvalue weighted by Gasteiger charge is -2.44. The van der Waals surface area contributed by atoms with E-state index in [2.05, 4.69) is 10.0 Å². The Labute approximate surface area is 166 Å². The van der Waals surface area contributed by atoms with Gasteiger partial charge in [0.15, 0.2) is 24.6 Å². The van der Waals surface area contributed by atoms with Crippen molar-refractivity contribution in [3.8, 4) is 0 Å². The molecule has 1 rings (SSSR count). The number of nitrogens with zero attached hydrogens (tertiary/aromatic N) is 3. The van der Waals surface area contributed by atoms with Gasteiger partial charge in [-0.1, -0.05) is 5.11 Å². The molecule has 1 heterocycles. The monoisotopic (exact) mass is 417 g/mol. The third-order valence-electron chi connectivity index (χ3n) is 3.48. The van der Waals surface area contributed by atoms with E-state index >= 15 is 0 Å². The predicted octanol–water partition coefficient (Wildman–Crippen LogP) is 0.396. The van der Waals surface area contributed by atoms with Gasteiger partial charge in [0.2, 0.25) is 0 Å². The maximum atomic E-state index is 11.6. The molecule has 13 nitrogen and oxygen atoms in total. The van der Waals surface area contributed by atoms with E-state index in [-0.39, 0.29) is 19.8 Å². The van der Waals surface area contributed by atoms with E-state index in [0.717, 1.165) is 20.8 Å². The quantitative estimate of drug-likeness (QED) is 0.128. The molecule has 1 saturated heterocycles. The van der Waals surface area contributed by atoms with Crippen LogP contribution in [0.25, 0.3) is 10.4 Å². The average molecular weight is 417 g/mol. The first-order valence-corrected chi connectivity index (χ1v) is 8.58. The summed E-state index contributed by atoms with van der Waals surface area (Å²) in [6.45, 7) is 4.01. The first-order valence-electron chi connectivity index (χ1n) is 8.58. The Balaban J connectivity index is 3.22. The Morgan fingerprint density at radius 1 is 0.897 bits per heavy atom. The number of azide groups is 1. The summed E-state index contributed by atoms with van der Waals surface area (Å²) in [4.78, 5) is 48.5. The summed E-state index contributed by atoms with van der Waals surface area (Å²) in [5, 5.41) is 3.31. The number of ether oxygens (including phenoxy) is 6. The highest BCUT2D eigenvalue weighted by molar-refractivity contribution is 5.68. The van der Waals surface area contributed by atoms with Crippen molar-refractivity contribution in [2.45, 2.75) is 58.4 Å². The molecule has 0 amide bonds. The molecule has 0 radical (unpaired) electrons. The molecule has 0 N–H and O–H groups in total.